The van der Waals surface area contributed by atoms with Gasteiger partial charge in [0.25, 0.3) is 11.6 Å². The Morgan fingerprint density at radius 2 is 1.90 bits per heavy atom. The molecule has 7 heteroatoms. The molecule has 0 unspecified atom stereocenters. The molecule has 1 aromatic carbocycles. The van der Waals surface area contributed by atoms with Crippen molar-refractivity contribution in [3.63, 3.8) is 0 Å². The topological polar surface area (TPSA) is 86.9 Å². The van der Waals surface area contributed by atoms with E-state index in [-0.39, 0.29) is 23.7 Å². The fraction of sp³-hybridized carbons (Fsp3) is 0.500. The molecule has 1 aromatic rings. The lowest BCUT2D eigenvalue weighted by molar-refractivity contribution is -0.384. The zero-order valence-electron chi connectivity index (χ0n) is 13.0. The summed E-state index contributed by atoms with van der Waals surface area (Å²) in [6.45, 7) is 3.32. The van der Waals surface area contributed by atoms with Gasteiger partial charge in [0.1, 0.15) is 0 Å². The Labute approximate surface area is 123 Å². The molecule has 1 N–H and O–H groups in total. The summed E-state index contributed by atoms with van der Waals surface area (Å²) in [4.78, 5) is 25.9. The predicted molar refractivity (Wildman–Crippen MR) is 80.7 cm³/mol. The van der Waals surface area contributed by atoms with Crippen molar-refractivity contribution in [1.29, 1.82) is 0 Å². The van der Waals surface area contributed by atoms with Crippen molar-refractivity contribution in [2.24, 2.45) is 0 Å². The highest BCUT2D eigenvalue weighted by Crippen LogP contribution is 2.25. The Hall–Kier alpha value is -2.15. The Morgan fingerprint density at radius 1 is 1.33 bits per heavy atom. The number of aliphatic hydroxyl groups is 1. The number of carbonyl (C=O) groups is 1. The van der Waals surface area contributed by atoms with Gasteiger partial charge in [-0.3, -0.25) is 14.9 Å². The maximum Gasteiger partial charge on any atom is 0.270 e. The van der Waals surface area contributed by atoms with Gasteiger partial charge in [-0.2, -0.15) is 0 Å². The molecule has 0 fully saturated rings. The third-order valence-electron chi connectivity index (χ3n) is 2.87. The maximum atomic E-state index is 12.5. The number of non-ortho nitro benzene ring substituents is 1. The highest BCUT2D eigenvalue weighted by Gasteiger charge is 2.24. The minimum Gasteiger partial charge on any atom is -0.389 e. The number of anilines is 1. The van der Waals surface area contributed by atoms with Crippen molar-refractivity contribution in [3.05, 3.63) is 33.9 Å². The normalized spacial score (nSPS) is 11.1. The van der Waals surface area contributed by atoms with E-state index in [1.165, 1.54) is 17.0 Å². The monoisotopic (exact) mass is 295 g/mol. The van der Waals surface area contributed by atoms with E-state index >= 15 is 0 Å². The molecule has 0 heterocycles. The van der Waals surface area contributed by atoms with Crippen molar-refractivity contribution in [3.8, 4) is 0 Å². The van der Waals surface area contributed by atoms with Crippen LogP contribution in [0.4, 0.5) is 11.4 Å². The van der Waals surface area contributed by atoms with Gasteiger partial charge < -0.3 is 14.9 Å². The molecule has 0 radical (unpaired) electrons. The third-order valence-corrected chi connectivity index (χ3v) is 2.87. The van der Waals surface area contributed by atoms with E-state index < -0.39 is 10.5 Å². The number of hydrogen-bond donors (Lipinski definition) is 1. The summed E-state index contributed by atoms with van der Waals surface area (Å²) < 4.78 is 0. The van der Waals surface area contributed by atoms with Gasteiger partial charge in [0.05, 0.1) is 16.1 Å². The second-order valence-corrected chi connectivity index (χ2v) is 5.83. The van der Waals surface area contributed by atoms with Gasteiger partial charge in [-0.15, -0.1) is 0 Å². The molecule has 0 aliphatic heterocycles. The quantitative estimate of drug-likeness (QED) is 0.657. The molecule has 0 saturated carbocycles. The molecular weight excluding hydrogens is 274 g/mol. The zero-order chi connectivity index (χ0) is 16.4. The fourth-order valence-electron chi connectivity index (χ4n) is 2.06. The lowest BCUT2D eigenvalue weighted by atomic mass is 10.1. The van der Waals surface area contributed by atoms with E-state index in [0.717, 1.165) is 0 Å². The van der Waals surface area contributed by atoms with Crippen LogP contribution in [0, 0.1) is 10.1 Å². The van der Waals surface area contributed by atoms with Crippen LogP contribution in [-0.2, 0) is 0 Å². The van der Waals surface area contributed by atoms with Crippen molar-refractivity contribution in [2.45, 2.75) is 19.4 Å². The second kappa shape index (κ2) is 6.09. The summed E-state index contributed by atoms with van der Waals surface area (Å²) in [5.74, 6) is -0.371. The second-order valence-electron chi connectivity index (χ2n) is 5.83. The molecule has 116 valence electrons. The van der Waals surface area contributed by atoms with Crippen LogP contribution in [-0.4, -0.2) is 54.1 Å². The van der Waals surface area contributed by atoms with E-state index in [4.69, 9.17) is 0 Å². The number of nitrogens with zero attached hydrogens (tertiary/aromatic N) is 3. The first-order valence-electron chi connectivity index (χ1n) is 6.46. The maximum absolute atomic E-state index is 12.5. The van der Waals surface area contributed by atoms with Crippen LogP contribution in [0.3, 0.4) is 0 Å². The van der Waals surface area contributed by atoms with Gasteiger partial charge in [-0.25, -0.2) is 0 Å². The van der Waals surface area contributed by atoms with Crippen molar-refractivity contribution in [2.75, 3.05) is 32.6 Å². The molecule has 7 nitrogen and oxygen atoms in total. The highest BCUT2D eigenvalue weighted by atomic mass is 16.6. The third kappa shape index (κ3) is 4.42. The van der Waals surface area contributed by atoms with E-state index in [1.54, 1.807) is 46.0 Å². The molecule has 0 saturated heterocycles. The minimum atomic E-state index is -1.04. The number of benzene rings is 1. The number of nitro benzene ring substituents is 1. The summed E-state index contributed by atoms with van der Waals surface area (Å²) in [5, 5.41) is 20.7. The van der Waals surface area contributed by atoms with Gasteiger partial charge in [-0.1, -0.05) is 0 Å². The first-order chi connectivity index (χ1) is 9.53. The number of carbonyl (C=O) groups excluding carboxylic acids is 1. The molecule has 1 amide bonds. The van der Waals surface area contributed by atoms with E-state index in [9.17, 15) is 20.0 Å². The Kier molecular flexibility index (Phi) is 4.90. The Balaban J connectivity index is 3.22. The van der Waals surface area contributed by atoms with Crippen LogP contribution in [0.2, 0.25) is 0 Å². The van der Waals surface area contributed by atoms with Gasteiger partial charge >= 0.3 is 0 Å². The Morgan fingerprint density at radius 3 is 2.33 bits per heavy atom. The van der Waals surface area contributed by atoms with Crippen LogP contribution < -0.4 is 4.90 Å². The lowest BCUT2D eigenvalue weighted by Crippen LogP contribution is -2.40. The van der Waals surface area contributed by atoms with E-state index in [1.807, 2.05) is 0 Å². The average Bonchev–Trinajstić information content (AvgIpc) is 2.34. The summed E-state index contributed by atoms with van der Waals surface area (Å²) in [5.41, 5.74) is -0.349. The highest BCUT2D eigenvalue weighted by molar-refractivity contribution is 6.00. The number of likely N-dealkylation sites (N-methyl/N-ethyl adjacent to an activating group) is 1. The molecule has 0 spiro atoms. The number of nitro groups is 1. The number of hydrogen-bond acceptors (Lipinski definition) is 5. The molecule has 0 aromatic heterocycles. The smallest absolute Gasteiger partial charge is 0.270 e. The first kappa shape index (κ1) is 16.9. The summed E-state index contributed by atoms with van der Waals surface area (Å²) in [6.07, 6.45) is 0. The SMILES string of the molecule is CN(CC(C)(C)O)C(=O)c1cc([N+](=O)[O-])ccc1N(C)C. The fourth-order valence-corrected chi connectivity index (χ4v) is 2.06. The van der Waals surface area contributed by atoms with Crippen LogP contribution in [0.5, 0.6) is 0 Å². The molecular formula is C14H21N3O4. The average molecular weight is 295 g/mol. The van der Waals surface area contributed by atoms with Gasteiger partial charge in [0, 0.05) is 45.5 Å². The van der Waals surface area contributed by atoms with Gasteiger partial charge in [0.15, 0.2) is 0 Å². The predicted octanol–water partition coefficient (Wildman–Crippen LogP) is 1.50. The standard InChI is InChI=1S/C14H21N3O4/c1-14(2,19)9-16(5)13(18)11-8-10(17(20)21)6-7-12(11)15(3)4/h6-8,19H,9H2,1-5H3. The largest absolute Gasteiger partial charge is 0.389 e. The molecule has 0 bridgehead atoms. The van der Waals surface area contributed by atoms with Crippen LogP contribution >= 0.6 is 0 Å². The molecule has 21 heavy (non-hydrogen) atoms. The van der Waals surface area contributed by atoms with E-state index in [0.29, 0.717) is 5.69 Å². The van der Waals surface area contributed by atoms with Crippen LogP contribution in [0.25, 0.3) is 0 Å². The minimum absolute atomic E-state index is 0.126. The van der Waals surface area contributed by atoms with Crippen LogP contribution in [0.15, 0.2) is 18.2 Å². The zero-order valence-corrected chi connectivity index (χ0v) is 13.0. The lowest BCUT2D eigenvalue weighted by Gasteiger charge is -2.27. The molecule has 1 rings (SSSR count). The molecule has 0 aliphatic carbocycles. The Bertz CT molecular complexity index is 550. The van der Waals surface area contributed by atoms with Gasteiger partial charge in [-0.05, 0) is 19.9 Å². The number of amides is 1. The molecule has 0 atom stereocenters. The van der Waals surface area contributed by atoms with Crippen molar-refractivity contribution < 1.29 is 14.8 Å². The first-order valence-corrected chi connectivity index (χ1v) is 6.46. The van der Waals surface area contributed by atoms with Crippen molar-refractivity contribution in [1.82, 2.24) is 4.90 Å². The summed E-state index contributed by atoms with van der Waals surface area (Å²) >= 11 is 0. The molecule has 0 aliphatic rings. The summed E-state index contributed by atoms with van der Waals surface area (Å²) in [7, 11) is 5.07. The van der Waals surface area contributed by atoms with E-state index in [2.05, 4.69) is 0 Å². The number of rotatable bonds is 5. The van der Waals surface area contributed by atoms with Crippen LogP contribution in [0.1, 0.15) is 24.2 Å². The van der Waals surface area contributed by atoms with Crippen molar-refractivity contribution >= 4 is 17.3 Å². The summed E-state index contributed by atoms with van der Waals surface area (Å²) in [6, 6.07) is 4.17. The van der Waals surface area contributed by atoms with Gasteiger partial charge in [0.2, 0.25) is 0 Å².